The average Bonchev–Trinajstić information content (AvgIpc) is 3.03. The predicted molar refractivity (Wildman–Crippen MR) is 98.3 cm³/mol. The minimum atomic E-state index is -3.76. The number of nitrogens with zero attached hydrogens (tertiary/aromatic N) is 4. The van der Waals surface area contributed by atoms with Crippen LogP contribution >= 0.6 is 23.4 Å². The van der Waals surface area contributed by atoms with Gasteiger partial charge in [-0.3, -0.25) is 4.40 Å². The number of sulfonamides is 1. The molecule has 0 fully saturated rings. The minimum absolute atomic E-state index is 0.0554. The molecule has 0 saturated heterocycles. The third-order valence-electron chi connectivity index (χ3n) is 3.57. The highest BCUT2D eigenvalue weighted by Gasteiger charge is 2.25. The number of nitrogens with one attached hydrogen (secondary N) is 1. The maximum atomic E-state index is 12.7. The van der Waals surface area contributed by atoms with Gasteiger partial charge in [0.1, 0.15) is 10.0 Å². The Labute approximate surface area is 154 Å². The fraction of sp³-hybridized carbons (Fsp3) is 0.267. The van der Waals surface area contributed by atoms with Crippen LogP contribution in [0, 0.1) is 0 Å². The molecule has 0 aliphatic heterocycles. The number of rotatable bonds is 7. The average molecular weight is 398 g/mol. The zero-order valence-corrected chi connectivity index (χ0v) is 15.7. The van der Waals surface area contributed by atoms with Crippen LogP contribution in [0.3, 0.4) is 0 Å². The van der Waals surface area contributed by atoms with Crippen molar-refractivity contribution in [2.24, 2.45) is 0 Å². The summed E-state index contributed by atoms with van der Waals surface area (Å²) in [7, 11) is -3.76. The first kappa shape index (κ1) is 18.1. The summed E-state index contributed by atoms with van der Waals surface area (Å²) in [4.78, 5) is 3.89. The molecule has 3 aromatic heterocycles. The predicted octanol–water partition coefficient (Wildman–Crippen LogP) is 2.55. The van der Waals surface area contributed by atoms with E-state index >= 15 is 0 Å². The van der Waals surface area contributed by atoms with E-state index < -0.39 is 16.1 Å². The third-order valence-corrected chi connectivity index (χ3v) is 5.89. The number of aromatic nitrogens is 4. The van der Waals surface area contributed by atoms with Crippen molar-refractivity contribution < 1.29 is 8.42 Å². The number of hydrogen-bond acceptors (Lipinski definition) is 6. The summed E-state index contributed by atoms with van der Waals surface area (Å²) >= 11 is 7.37. The summed E-state index contributed by atoms with van der Waals surface area (Å²) in [6, 6.07) is 7.88. The van der Waals surface area contributed by atoms with E-state index in [0.29, 0.717) is 17.9 Å². The molecule has 25 heavy (non-hydrogen) atoms. The zero-order chi connectivity index (χ0) is 17.9. The van der Waals surface area contributed by atoms with Gasteiger partial charge in [-0.2, -0.15) is 11.8 Å². The van der Waals surface area contributed by atoms with Crippen LogP contribution in [0.5, 0.6) is 0 Å². The molecule has 0 unspecified atom stereocenters. The molecule has 7 nitrogen and oxygen atoms in total. The number of thioether (sulfide) groups is 1. The fourth-order valence-electron chi connectivity index (χ4n) is 2.35. The first-order valence-electron chi connectivity index (χ1n) is 7.44. The topological polar surface area (TPSA) is 89.2 Å². The second-order valence-corrected chi connectivity index (χ2v) is 8.35. The third kappa shape index (κ3) is 4.12. The Kier molecular flexibility index (Phi) is 5.57. The molecule has 0 amide bonds. The molecule has 0 aliphatic carbocycles. The fourth-order valence-corrected chi connectivity index (χ4v) is 4.11. The molecular formula is C15H16ClN5O2S2. The summed E-state index contributed by atoms with van der Waals surface area (Å²) in [6.45, 7) is 0. The van der Waals surface area contributed by atoms with Crippen LogP contribution in [-0.2, 0) is 10.0 Å². The van der Waals surface area contributed by atoms with Crippen molar-refractivity contribution in [2.45, 2.75) is 17.4 Å². The van der Waals surface area contributed by atoms with Crippen molar-refractivity contribution in [2.75, 3.05) is 12.0 Å². The second-order valence-electron chi connectivity index (χ2n) is 5.26. The number of pyridine rings is 2. The highest BCUT2D eigenvalue weighted by molar-refractivity contribution is 7.98. The summed E-state index contributed by atoms with van der Waals surface area (Å²) < 4.78 is 29.9. The Morgan fingerprint density at radius 2 is 2.12 bits per heavy atom. The van der Waals surface area contributed by atoms with Gasteiger partial charge in [-0.1, -0.05) is 17.7 Å². The van der Waals surface area contributed by atoms with Gasteiger partial charge in [-0.15, -0.1) is 10.2 Å². The van der Waals surface area contributed by atoms with Crippen LogP contribution in [-0.4, -0.2) is 40.0 Å². The lowest BCUT2D eigenvalue weighted by atomic mass is 10.2. The van der Waals surface area contributed by atoms with Gasteiger partial charge in [0.2, 0.25) is 10.0 Å². The van der Waals surface area contributed by atoms with Crippen molar-refractivity contribution in [3.05, 3.63) is 53.7 Å². The lowest BCUT2D eigenvalue weighted by molar-refractivity contribution is 0.536. The van der Waals surface area contributed by atoms with E-state index in [0.717, 1.165) is 5.75 Å². The molecule has 0 radical (unpaired) electrons. The normalized spacial score (nSPS) is 13.2. The Bertz CT molecular complexity index is 959. The van der Waals surface area contributed by atoms with Crippen molar-refractivity contribution >= 4 is 39.0 Å². The maximum absolute atomic E-state index is 12.7. The number of fused-ring (bicyclic) bond motifs is 1. The molecule has 0 aliphatic rings. The van der Waals surface area contributed by atoms with Crippen LogP contribution in [0.1, 0.15) is 18.3 Å². The van der Waals surface area contributed by atoms with Gasteiger partial charge in [0, 0.05) is 12.4 Å². The minimum Gasteiger partial charge on any atom is -0.285 e. The van der Waals surface area contributed by atoms with Gasteiger partial charge < -0.3 is 0 Å². The quantitative estimate of drug-likeness (QED) is 0.616. The van der Waals surface area contributed by atoms with Crippen LogP contribution in [0.2, 0.25) is 5.15 Å². The van der Waals surface area contributed by atoms with Crippen LogP contribution < -0.4 is 4.72 Å². The van der Waals surface area contributed by atoms with Gasteiger partial charge in [-0.25, -0.2) is 18.1 Å². The van der Waals surface area contributed by atoms with E-state index in [2.05, 4.69) is 19.9 Å². The molecule has 3 heterocycles. The largest absolute Gasteiger partial charge is 0.285 e. The molecular weight excluding hydrogens is 382 g/mol. The first-order valence-corrected chi connectivity index (χ1v) is 10.7. The Hall–Kier alpha value is -1.68. The zero-order valence-electron chi connectivity index (χ0n) is 13.3. The molecule has 132 valence electrons. The smallest absolute Gasteiger partial charge is 0.242 e. The van der Waals surface area contributed by atoms with Gasteiger partial charge in [0.15, 0.2) is 11.5 Å². The highest BCUT2D eigenvalue weighted by atomic mass is 35.5. The van der Waals surface area contributed by atoms with Crippen molar-refractivity contribution in [3.63, 3.8) is 0 Å². The molecule has 0 spiro atoms. The summed E-state index contributed by atoms with van der Waals surface area (Å²) in [5.74, 6) is 1.32. The lowest BCUT2D eigenvalue weighted by Gasteiger charge is -2.17. The van der Waals surface area contributed by atoms with E-state index in [-0.39, 0.29) is 10.0 Å². The van der Waals surface area contributed by atoms with Crippen LogP contribution in [0.15, 0.2) is 47.6 Å². The molecule has 3 aromatic rings. The van der Waals surface area contributed by atoms with Crippen LogP contribution in [0.4, 0.5) is 0 Å². The van der Waals surface area contributed by atoms with Crippen molar-refractivity contribution in [1.29, 1.82) is 0 Å². The van der Waals surface area contributed by atoms with E-state index in [1.54, 1.807) is 16.2 Å². The van der Waals surface area contributed by atoms with Gasteiger partial charge in [0.25, 0.3) is 0 Å². The van der Waals surface area contributed by atoms with E-state index in [1.165, 1.54) is 18.3 Å². The van der Waals surface area contributed by atoms with Gasteiger partial charge >= 0.3 is 0 Å². The van der Waals surface area contributed by atoms with Gasteiger partial charge in [-0.05, 0) is 42.7 Å². The number of hydrogen-bond donors (Lipinski definition) is 1. The molecule has 0 aromatic carbocycles. The lowest BCUT2D eigenvalue weighted by Crippen LogP contribution is -2.30. The van der Waals surface area contributed by atoms with Crippen LogP contribution in [0.25, 0.3) is 5.65 Å². The molecule has 10 heteroatoms. The number of halogens is 1. The Balaban J connectivity index is 1.94. The molecule has 0 saturated carbocycles. The standard InChI is InChI=1S/C15H16ClN5O2S2/c1-24-9-7-12(15-19-18-14-4-2-3-8-21(14)15)20-25(22,23)11-5-6-13(16)17-10-11/h2-6,8,10,12,20H,7,9H2,1H3/t12-/m1/s1. The SMILES string of the molecule is CSCC[C@@H](NS(=O)(=O)c1ccc(Cl)nc1)c1nnc2ccccn12. The summed E-state index contributed by atoms with van der Waals surface area (Å²) in [6.07, 6.45) is 5.60. The summed E-state index contributed by atoms with van der Waals surface area (Å²) in [5, 5.41) is 8.52. The van der Waals surface area contributed by atoms with Gasteiger partial charge in [0.05, 0.1) is 6.04 Å². The molecule has 3 rings (SSSR count). The Morgan fingerprint density at radius 3 is 2.84 bits per heavy atom. The van der Waals surface area contributed by atoms with E-state index in [1.807, 2.05) is 30.7 Å². The maximum Gasteiger partial charge on any atom is 0.242 e. The Morgan fingerprint density at radius 1 is 1.28 bits per heavy atom. The van der Waals surface area contributed by atoms with E-state index in [9.17, 15) is 8.42 Å². The summed E-state index contributed by atoms with van der Waals surface area (Å²) in [5.41, 5.74) is 0.666. The van der Waals surface area contributed by atoms with Crippen molar-refractivity contribution in [3.8, 4) is 0 Å². The van der Waals surface area contributed by atoms with E-state index in [4.69, 9.17) is 11.6 Å². The molecule has 1 atom stereocenters. The highest BCUT2D eigenvalue weighted by Crippen LogP contribution is 2.21. The second kappa shape index (κ2) is 7.69. The monoisotopic (exact) mass is 397 g/mol. The molecule has 1 N–H and O–H groups in total. The molecule has 0 bridgehead atoms. The van der Waals surface area contributed by atoms with Crippen molar-refractivity contribution in [1.82, 2.24) is 24.3 Å². The first-order chi connectivity index (χ1) is 12.0.